The highest BCUT2D eigenvalue weighted by molar-refractivity contribution is 8.18. The van der Waals surface area contributed by atoms with Gasteiger partial charge in [0.25, 0.3) is 17.1 Å². The number of aryl methyl sites for hydroxylation is 1. The van der Waals surface area contributed by atoms with Crippen molar-refractivity contribution < 1.29 is 28.6 Å². The molecule has 3 amide bonds. The van der Waals surface area contributed by atoms with Crippen molar-refractivity contribution in [3.63, 3.8) is 0 Å². The van der Waals surface area contributed by atoms with Gasteiger partial charge in [-0.25, -0.2) is 0 Å². The van der Waals surface area contributed by atoms with Gasteiger partial charge in [-0.3, -0.25) is 19.3 Å². The first-order valence-corrected chi connectivity index (χ1v) is 13.7. The second kappa shape index (κ2) is 13.2. The first kappa shape index (κ1) is 28.8. The highest BCUT2D eigenvalue weighted by Crippen LogP contribution is 2.34. The third-order valence-electron chi connectivity index (χ3n) is 6.18. The minimum Gasteiger partial charge on any atom is -0.493 e. The molecule has 0 aromatic heterocycles. The van der Waals surface area contributed by atoms with Crippen LogP contribution in [0, 0.1) is 6.92 Å². The third kappa shape index (κ3) is 7.24. The molecule has 1 saturated heterocycles. The molecule has 0 unspecified atom stereocenters. The second-order valence-electron chi connectivity index (χ2n) is 9.48. The summed E-state index contributed by atoms with van der Waals surface area (Å²) in [7, 11) is 1.49. The third-order valence-corrected chi connectivity index (χ3v) is 7.09. The molecular formula is C31H32N2O6S. The molecular weight excluding hydrogens is 528 g/mol. The Kier molecular flexibility index (Phi) is 9.50. The molecule has 1 aliphatic rings. The van der Waals surface area contributed by atoms with Crippen LogP contribution in [-0.2, 0) is 9.59 Å². The summed E-state index contributed by atoms with van der Waals surface area (Å²) in [5.41, 5.74) is 3.57. The van der Waals surface area contributed by atoms with Gasteiger partial charge in [-0.05, 0) is 72.1 Å². The van der Waals surface area contributed by atoms with E-state index in [1.807, 2.05) is 55.5 Å². The van der Waals surface area contributed by atoms with Crippen LogP contribution in [-0.4, -0.2) is 48.8 Å². The van der Waals surface area contributed by atoms with Crippen LogP contribution in [0.5, 0.6) is 17.2 Å². The molecule has 0 spiro atoms. The zero-order chi connectivity index (χ0) is 28.6. The van der Waals surface area contributed by atoms with E-state index >= 15 is 0 Å². The van der Waals surface area contributed by atoms with Crippen molar-refractivity contribution in [2.24, 2.45) is 0 Å². The Balaban J connectivity index is 1.35. The lowest BCUT2D eigenvalue weighted by Crippen LogP contribution is -2.32. The van der Waals surface area contributed by atoms with Gasteiger partial charge in [-0.15, -0.1) is 0 Å². The van der Waals surface area contributed by atoms with Crippen molar-refractivity contribution in [3.8, 4) is 17.2 Å². The fourth-order valence-corrected chi connectivity index (χ4v) is 4.94. The number of methoxy groups -OCH3 is 1. The van der Waals surface area contributed by atoms with Crippen LogP contribution >= 0.6 is 11.8 Å². The normalized spacial score (nSPS) is 14.1. The minimum atomic E-state index is -0.375. The fraction of sp³-hybridized carbons (Fsp3) is 0.258. The van der Waals surface area contributed by atoms with Gasteiger partial charge in [-0.2, -0.15) is 0 Å². The number of nitrogens with one attached hydrogen (secondary N) is 1. The van der Waals surface area contributed by atoms with Gasteiger partial charge in [0.2, 0.25) is 0 Å². The minimum absolute atomic E-state index is 0.149. The second-order valence-corrected chi connectivity index (χ2v) is 10.5. The molecule has 3 aromatic rings. The average molecular weight is 561 g/mol. The first-order chi connectivity index (χ1) is 19.2. The highest BCUT2D eigenvalue weighted by atomic mass is 32.2. The summed E-state index contributed by atoms with van der Waals surface area (Å²) >= 11 is 0.879. The number of carbonyl (C=O) groups is 3. The van der Waals surface area contributed by atoms with Crippen LogP contribution in [0.2, 0.25) is 0 Å². The van der Waals surface area contributed by atoms with E-state index in [0.717, 1.165) is 28.6 Å². The van der Waals surface area contributed by atoms with E-state index in [1.165, 1.54) is 12.0 Å². The fourth-order valence-electron chi connectivity index (χ4n) is 4.07. The Labute approximate surface area is 238 Å². The number of hydrogen-bond donors (Lipinski definition) is 1. The van der Waals surface area contributed by atoms with Crippen LogP contribution in [0.3, 0.4) is 0 Å². The molecule has 1 N–H and O–H groups in total. The van der Waals surface area contributed by atoms with Crippen molar-refractivity contribution in [1.29, 1.82) is 0 Å². The summed E-state index contributed by atoms with van der Waals surface area (Å²) < 4.78 is 16.8. The number of benzene rings is 3. The number of anilines is 1. The molecule has 8 nitrogen and oxygen atoms in total. The van der Waals surface area contributed by atoms with Gasteiger partial charge in [0.05, 0.1) is 18.6 Å². The van der Waals surface area contributed by atoms with Crippen LogP contribution < -0.4 is 19.5 Å². The van der Waals surface area contributed by atoms with Crippen molar-refractivity contribution in [2.75, 3.05) is 32.2 Å². The maximum absolute atomic E-state index is 12.9. The van der Waals surface area contributed by atoms with Gasteiger partial charge in [0, 0.05) is 5.69 Å². The number of hydrogen-bond acceptors (Lipinski definition) is 7. The molecule has 3 aromatic carbocycles. The number of ether oxygens (including phenoxy) is 3. The molecule has 9 heteroatoms. The van der Waals surface area contributed by atoms with Crippen molar-refractivity contribution in [1.82, 2.24) is 4.90 Å². The number of nitrogens with zero attached hydrogens (tertiary/aromatic N) is 1. The largest absolute Gasteiger partial charge is 0.493 e. The molecule has 1 fully saturated rings. The van der Waals surface area contributed by atoms with E-state index in [0.29, 0.717) is 27.7 Å². The van der Waals surface area contributed by atoms with E-state index in [-0.39, 0.29) is 42.7 Å². The average Bonchev–Trinajstić information content (AvgIpc) is 3.20. The molecule has 0 aliphatic carbocycles. The van der Waals surface area contributed by atoms with E-state index in [9.17, 15) is 14.4 Å². The Morgan fingerprint density at radius 2 is 1.75 bits per heavy atom. The molecule has 0 atom stereocenters. The first-order valence-electron chi connectivity index (χ1n) is 12.9. The predicted octanol–water partition coefficient (Wildman–Crippen LogP) is 6.26. The zero-order valence-corrected chi connectivity index (χ0v) is 23.7. The monoisotopic (exact) mass is 560 g/mol. The van der Waals surface area contributed by atoms with Crippen LogP contribution in [0.1, 0.15) is 36.5 Å². The molecule has 0 saturated carbocycles. The van der Waals surface area contributed by atoms with Crippen molar-refractivity contribution >= 4 is 40.6 Å². The molecule has 1 heterocycles. The molecule has 0 bridgehead atoms. The number of thioether (sulfide) groups is 1. The van der Waals surface area contributed by atoms with Crippen LogP contribution in [0.4, 0.5) is 10.5 Å². The Morgan fingerprint density at radius 1 is 1.00 bits per heavy atom. The van der Waals surface area contributed by atoms with Gasteiger partial charge in [-0.1, -0.05) is 55.8 Å². The maximum Gasteiger partial charge on any atom is 0.293 e. The number of carbonyl (C=O) groups excluding carboxylic acids is 3. The van der Waals surface area contributed by atoms with Gasteiger partial charge >= 0.3 is 0 Å². The van der Waals surface area contributed by atoms with E-state index in [4.69, 9.17) is 14.2 Å². The number of rotatable bonds is 11. The highest BCUT2D eigenvalue weighted by Gasteiger charge is 2.34. The van der Waals surface area contributed by atoms with E-state index in [2.05, 4.69) is 19.2 Å². The summed E-state index contributed by atoms with van der Waals surface area (Å²) in [6, 6.07) is 20.3. The summed E-state index contributed by atoms with van der Waals surface area (Å²) in [5, 5.41) is 2.55. The van der Waals surface area contributed by atoms with Gasteiger partial charge < -0.3 is 19.5 Å². The molecule has 40 heavy (non-hydrogen) atoms. The summed E-state index contributed by atoms with van der Waals surface area (Å²) in [4.78, 5) is 39.4. The molecule has 4 rings (SSSR count). The Hall–Kier alpha value is -4.24. The summed E-state index contributed by atoms with van der Waals surface area (Å²) in [6.45, 7) is 6.26. The maximum atomic E-state index is 12.9. The Bertz CT molecular complexity index is 1420. The lowest BCUT2D eigenvalue weighted by Gasteiger charge is -2.15. The number of para-hydroxylation sites is 1. The quantitative estimate of drug-likeness (QED) is 0.277. The van der Waals surface area contributed by atoms with Crippen LogP contribution in [0.25, 0.3) is 6.08 Å². The summed E-state index contributed by atoms with van der Waals surface area (Å²) in [6.07, 6.45) is 1.63. The smallest absolute Gasteiger partial charge is 0.293 e. The molecule has 208 valence electrons. The number of imide groups is 1. The standard InChI is InChI=1S/C31H32N2O6S/c1-20(2)24-7-5-6-8-25(24)32-29(34)19-39-26-14-11-22(17-27(26)37-4)18-28-30(35)33(31(36)40-28)15-16-38-23-12-9-21(3)10-13-23/h5-14,17-18,20H,15-16,19H2,1-4H3,(H,32,34)/b28-18-. The van der Waals surface area contributed by atoms with Crippen LogP contribution in [0.15, 0.2) is 71.6 Å². The lowest BCUT2D eigenvalue weighted by atomic mass is 10.0. The summed E-state index contributed by atoms with van der Waals surface area (Å²) in [5.74, 6) is 1.06. The topological polar surface area (TPSA) is 94.2 Å². The zero-order valence-electron chi connectivity index (χ0n) is 22.9. The molecule has 1 aliphatic heterocycles. The SMILES string of the molecule is COc1cc(/C=C2\SC(=O)N(CCOc3ccc(C)cc3)C2=O)ccc1OCC(=O)Nc1ccccc1C(C)C. The van der Waals surface area contributed by atoms with Crippen molar-refractivity contribution in [2.45, 2.75) is 26.7 Å². The predicted molar refractivity (Wildman–Crippen MR) is 157 cm³/mol. The van der Waals surface area contributed by atoms with Gasteiger partial charge in [0.15, 0.2) is 18.1 Å². The van der Waals surface area contributed by atoms with Gasteiger partial charge in [0.1, 0.15) is 12.4 Å². The molecule has 0 radical (unpaired) electrons. The van der Waals surface area contributed by atoms with Crippen molar-refractivity contribution in [3.05, 3.63) is 88.3 Å². The lowest BCUT2D eigenvalue weighted by molar-refractivity contribution is -0.123. The van der Waals surface area contributed by atoms with E-state index < -0.39 is 0 Å². The Morgan fingerprint density at radius 3 is 2.48 bits per heavy atom. The number of amides is 3. The van der Waals surface area contributed by atoms with E-state index in [1.54, 1.807) is 24.3 Å².